The standard InChI is InChI=1S/C34H41ClN2O6/c1-36-15-4-3-7-29(42-2)26-11-8-23(26)19-37-20-33(14-5-6-22-16-25(35)10-12-27(22)33)21-43-30-13-9-24(17-28(30)37)34(41,32(39)40)18-31(36)38/h3,7,9-10,12-13,16-17,23,26,29,41H,4-6,8,11,14-15,18-21H2,1-2H3,(H,39,40)/b7-3-/t23-,26+,29-,33-,34-/m0/s1. The molecule has 4 aliphatic rings. The molecule has 1 saturated carbocycles. The normalized spacial score (nSPS) is 31.7. The molecule has 2 heterocycles. The van der Waals surface area contributed by atoms with Crippen LogP contribution in [0.2, 0.25) is 5.02 Å². The Labute approximate surface area is 258 Å². The third-order valence-electron chi connectivity index (χ3n) is 10.3. The first-order valence-corrected chi connectivity index (χ1v) is 15.7. The van der Waals surface area contributed by atoms with Gasteiger partial charge < -0.3 is 29.5 Å². The van der Waals surface area contributed by atoms with Crippen LogP contribution in [-0.2, 0) is 31.8 Å². The number of anilines is 1. The van der Waals surface area contributed by atoms with Gasteiger partial charge in [-0.05, 0) is 91.3 Å². The third kappa shape index (κ3) is 5.54. The van der Waals surface area contributed by atoms with Gasteiger partial charge in [-0.3, -0.25) is 4.79 Å². The van der Waals surface area contributed by atoms with E-state index >= 15 is 0 Å². The first-order chi connectivity index (χ1) is 20.6. The van der Waals surface area contributed by atoms with Crippen molar-refractivity contribution in [2.24, 2.45) is 11.8 Å². The van der Waals surface area contributed by atoms with Crippen molar-refractivity contribution >= 4 is 29.2 Å². The van der Waals surface area contributed by atoms with Gasteiger partial charge in [-0.2, -0.15) is 0 Å². The SMILES string of the molecule is CO[C@H]1/C=C\CCN(C)C(=O)C[C@@](O)(C(=O)O)c2ccc3c(c2)N(C[C@@H]2CC[C@H]21)C[C@@]1(CCCc2cc(Cl)ccc21)CO3. The molecule has 0 aromatic heterocycles. The molecule has 5 atom stereocenters. The first kappa shape index (κ1) is 30.0. The lowest BCUT2D eigenvalue weighted by atomic mass is 9.68. The number of carbonyl (C=O) groups is 2. The molecular formula is C34H41ClN2O6. The second-order valence-corrected chi connectivity index (χ2v) is 13.3. The Kier molecular flexibility index (Phi) is 8.22. The van der Waals surface area contributed by atoms with Crippen LogP contribution >= 0.6 is 11.6 Å². The zero-order valence-corrected chi connectivity index (χ0v) is 25.7. The van der Waals surface area contributed by atoms with E-state index in [1.807, 2.05) is 12.1 Å². The number of aliphatic carboxylic acids is 1. The first-order valence-electron chi connectivity index (χ1n) is 15.3. The van der Waals surface area contributed by atoms with Gasteiger partial charge >= 0.3 is 5.97 Å². The van der Waals surface area contributed by atoms with Crippen LogP contribution in [-0.4, -0.2) is 73.5 Å². The van der Waals surface area contributed by atoms with Crippen LogP contribution in [0.25, 0.3) is 0 Å². The van der Waals surface area contributed by atoms with Crippen LogP contribution in [0.15, 0.2) is 48.6 Å². The summed E-state index contributed by atoms with van der Waals surface area (Å²) in [4.78, 5) is 29.5. The molecule has 8 nitrogen and oxygen atoms in total. The van der Waals surface area contributed by atoms with Crippen LogP contribution in [0.3, 0.4) is 0 Å². The maximum absolute atomic E-state index is 13.2. The van der Waals surface area contributed by atoms with Crippen LogP contribution in [0.5, 0.6) is 5.75 Å². The van der Waals surface area contributed by atoms with Gasteiger partial charge in [0.2, 0.25) is 5.91 Å². The maximum Gasteiger partial charge on any atom is 0.340 e. The van der Waals surface area contributed by atoms with Gasteiger partial charge in [-0.1, -0.05) is 35.9 Å². The van der Waals surface area contributed by atoms with Gasteiger partial charge in [0.1, 0.15) is 5.75 Å². The molecule has 2 aliphatic carbocycles. The lowest BCUT2D eigenvalue weighted by Gasteiger charge is -2.46. The van der Waals surface area contributed by atoms with Gasteiger partial charge in [-0.15, -0.1) is 0 Å². The van der Waals surface area contributed by atoms with E-state index in [0.29, 0.717) is 43.7 Å². The second kappa shape index (κ2) is 11.8. The zero-order chi connectivity index (χ0) is 30.4. The number of halogens is 1. The number of rotatable bonds is 2. The van der Waals surface area contributed by atoms with E-state index < -0.39 is 23.9 Å². The van der Waals surface area contributed by atoms with Crippen LogP contribution in [0.1, 0.15) is 55.2 Å². The highest BCUT2D eigenvalue weighted by molar-refractivity contribution is 6.30. The number of ether oxygens (including phenoxy) is 2. The summed E-state index contributed by atoms with van der Waals surface area (Å²) in [5, 5.41) is 22.5. The number of carboxylic acid groups (broad SMARTS) is 1. The van der Waals surface area contributed by atoms with E-state index in [1.54, 1.807) is 32.4 Å². The Balaban J connectivity index is 1.46. The van der Waals surface area contributed by atoms with E-state index in [9.17, 15) is 19.8 Å². The quantitative estimate of drug-likeness (QED) is 0.466. The van der Waals surface area contributed by atoms with E-state index in [0.717, 1.165) is 49.4 Å². The van der Waals surface area contributed by atoms with Gasteiger partial charge in [0.25, 0.3) is 0 Å². The summed E-state index contributed by atoms with van der Waals surface area (Å²) in [6.07, 6.45) is 9.25. The number of methoxy groups -OCH3 is 1. The fourth-order valence-corrected chi connectivity index (χ4v) is 7.78. The number of amides is 1. The summed E-state index contributed by atoms with van der Waals surface area (Å²) >= 11 is 6.41. The average molecular weight is 609 g/mol. The van der Waals surface area contributed by atoms with E-state index in [4.69, 9.17) is 21.1 Å². The number of carboxylic acids is 1. The molecule has 0 radical (unpaired) electrons. The lowest BCUT2D eigenvalue weighted by molar-refractivity contribution is -0.164. The molecular weight excluding hydrogens is 568 g/mol. The van der Waals surface area contributed by atoms with Crippen LogP contribution in [0.4, 0.5) is 5.69 Å². The average Bonchev–Trinajstić information content (AvgIpc) is 3.12. The van der Waals surface area contributed by atoms with Crippen molar-refractivity contribution in [3.63, 3.8) is 0 Å². The van der Waals surface area contributed by atoms with Gasteiger partial charge in [0.15, 0.2) is 5.60 Å². The van der Waals surface area contributed by atoms with E-state index in [1.165, 1.54) is 16.0 Å². The van der Waals surface area contributed by atoms with Crippen molar-refractivity contribution in [2.45, 2.75) is 62.1 Å². The van der Waals surface area contributed by atoms with E-state index in [2.05, 4.69) is 23.1 Å². The molecule has 2 aromatic rings. The van der Waals surface area contributed by atoms with Crippen molar-refractivity contribution in [1.29, 1.82) is 0 Å². The van der Waals surface area contributed by atoms with Gasteiger partial charge in [0, 0.05) is 44.2 Å². The molecule has 0 unspecified atom stereocenters. The number of hydrogen-bond donors (Lipinski definition) is 2. The van der Waals surface area contributed by atoms with Crippen LogP contribution < -0.4 is 9.64 Å². The molecule has 2 N–H and O–H groups in total. The number of aryl methyl sites for hydroxylation is 1. The predicted octanol–water partition coefficient (Wildman–Crippen LogP) is 4.93. The molecule has 1 amide bonds. The van der Waals surface area contributed by atoms with Crippen molar-refractivity contribution in [2.75, 3.05) is 45.3 Å². The predicted molar refractivity (Wildman–Crippen MR) is 165 cm³/mol. The molecule has 1 spiro atoms. The Bertz CT molecular complexity index is 1430. The lowest BCUT2D eigenvalue weighted by Crippen LogP contribution is -2.49. The summed E-state index contributed by atoms with van der Waals surface area (Å²) in [5.41, 5.74) is 0.766. The van der Waals surface area contributed by atoms with Gasteiger partial charge in [-0.25, -0.2) is 4.79 Å². The fourth-order valence-electron chi connectivity index (χ4n) is 7.58. The highest BCUT2D eigenvalue weighted by Crippen LogP contribution is 2.47. The minimum atomic E-state index is -2.38. The summed E-state index contributed by atoms with van der Waals surface area (Å²) in [5.74, 6) is -0.531. The van der Waals surface area contributed by atoms with Crippen molar-refractivity contribution in [1.82, 2.24) is 4.90 Å². The number of hydrogen-bond acceptors (Lipinski definition) is 6. The molecule has 43 heavy (non-hydrogen) atoms. The number of fused-ring (bicyclic) bond motifs is 4. The summed E-state index contributed by atoms with van der Waals surface area (Å²) in [6.45, 7) is 2.32. The number of aliphatic hydroxyl groups is 1. The molecule has 9 heteroatoms. The van der Waals surface area contributed by atoms with E-state index in [-0.39, 0.29) is 17.1 Å². The Hall–Kier alpha value is -3.07. The number of carbonyl (C=O) groups excluding carboxylic acids is 1. The molecule has 230 valence electrons. The summed E-state index contributed by atoms with van der Waals surface area (Å²) in [7, 11) is 3.39. The van der Waals surface area contributed by atoms with Crippen molar-refractivity contribution < 1.29 is 29.3 Å². The Morgan fingerprint density at radius 3 is 2.77 bits per heavy atom. The van der Waals surface area contributed by atoms with Crippen molar-refractivity contribution in [3.05, 3.63) is 70.3 Å². The fraction of sp³-hybridized carbons (Fsp3) is 0.529. The topological polar surface area (TPSA) is 99.5 Å². The Morgan fingerprint density at radius 2 is 2.02 bits per heavy atom. The number of benzene rings is 2. The zero-order valence-electron chi connectivity index (χ0n) is 24.9. The third-order valence-corrected chi connectivity index (χ3v) is 10.5. The van der Waals surface area contributed by atoms with Crippen LogP contribution in [0, 0.1) is 11.8 Å². The molecule has 6 rings (SSSR count). The maximum atomic E-state index is 13.2. The minimum absolute atomic E-state index is 0.0229. The molecule has 0 saturated heterocycles. The largest absolute Gasteiger partial charge is 0.490 e. The second-order valence-electron chi connectivity index (χ2n) is 12.9. The monoisotopic (exact) mass is 608 g/mol. The number of nitrogens with zero attached hydrogens (tertiary/aromatic N) is 2. The molecule has 2 aliphatic heterocycles. The molecule has 1 fully saturated rings. The minimum Gasteiger partial charge on any atom is -0.490 e. The Morgan fingerprint density at radius 1 is 1.19 bits per heavy atom. The highest BCUT2D eigenvalue weighted by Gasteiger charge is 2.46. The smallest absolute Gasteiger partial charge is 0.340 e. The molecule has 2 bridgehead atoms. The van der Waals surface area contributed by atoms with Gasteiger partial charge in [0.05, 0.1) is 24.8 Å². The highest BCUT2D eigenvalue weighted by atomic mass is 35.5. The summed E-state index contributed by atoms with van der Waals surface area (Å²) in [6, 6.07) is 11.2. The molecule has 2 aromatic carbocycles. The van der Waals surface area contributed by atoms with Crippen molar-refractivity contribution in [3.8, 4) is 5.75 Å². The summed E-state index contributed by atoms with van der Waals surface area (Å²) < 4.78 is 12.5.